The third-order valence-electron chi connectivity index (χ3n) is 3.53. The summed E-state index contributed by atoms with van der Waals surface area (Å²) in [6.45, 7) is 8.09. The maximum absolute atomic E-state index is 11.7. The van der Waals surface area contributed by atoms with Crippen LogP contribution in [0.2, 0.25) is 0 Å². The van der Waals surface area contributed by atoms with Gasteiger partial charge in [0.15, 0.2) is 5.78 Å². The summed E-state index contributed by atoms with van der Waals surface area (Å²) < 4.78 is 5.98. The monoisotopic (exact) mass is 206 g/mol. The number of carbonyl (C=O) groups excluding carboxylic acids is 1. The van der Waals surface area contributed by atoms with Crippen LogP contribution in [-0.2, 0) is 9.53 Å². The standard InChI is InChI=1S/C13H18O2/c1-9-7-13(6-5-10(2)15-13)12(3,4)8-11(9)14/h5-7,10H,8H2,1-4H3. The Morgan fingerprint density at radius 2 is 2.13 bits per heavy atom. The van der Waals surface area contributed by atoms with Gasteiger partial charge in [-0.3, -0.25) is 4.79 Å². The molecule has 0 aromatic heterocycles. The number of ketones is 1. The number of ether oxygens (including phenoxy) is 1. The van der Waals surface area contributed by atoms with Crippen LogP contribution in [0.5, 0.6) is 0 Å². The van der Waals surface area contributed by atoms with Crippen molar-refractivity contribution in [1.29, 1.82) is 0 Å². The van der Waals surface area contributed by atoms with E-state index >= 15 is 0 Å². The highest BCUT2D eigenvalue weighted by molar-refractivity contribution is 5.96. The third kappa shape index (κ3) is 1.48. The lowest BCUT2D eigenvalue weighted by Gasteiger charge is -2.43. The minimum atomic E-state index is -0.371. The van der Waals surface area contributed by atoms with Crippen LogP contribution in [0.15, 0.2) is 23.8 Å². The zero-order valence-electron chi connectivity index (χ0n) is 9.83. The molecule has 1 aliphatic heterocycles. The van der Waals surface area contributed by atoms with Gasteiger partial charge in [0.05, 0.1) is 6.10 Å². The van der Waals surface area contributed by atoms with Gasteiger partial charge in [-0.05, 0) is 31.6 Å². The summed E-state index contributed by atoms with van der Waals surface area (Å²) in [7, 11) is 0. The Bertz CT molecular complexity index is 363. The molecular formula is C13H18O2. The van der Waals surface area contributed by atoms with Crippen molar-refractivity contribution in [2.24, 2.45) is 5.41 Å². The Labute approximate surface area is 91.0 Å². The van der Waals surface area contributed by atoms with Crippen LogP contribution in [0.1, 0.15) is 34.1 Å². The molecule has 1 aliphatic carbocycles. The highest BCUT2D eigenvalue weighted by Gasteiger charge is 2.49. The summed E-state index contributed by atoms with van der Waals surface area (Å²) >= 11 is 0. The number of allylic oxidation sites excluding steroid dienone is 1. The van der Waals surface area contributed by atoms with Crippen molar-refractivity contribution in [3.8, 4) is 0 Å². The molecule has 2 unspecified atom stereocenters. The van der Waals surface area contributed by atoms with Gasteiger partial charge in [-0.15, -0.1) is 0 Å². The molecule has 0 saturated carbocycles. The topological polar surface area (TPSA) is 26.3 Å². The molecule has 0 bridgehead atoms. The zero-order chi connectivity index (χ0) is 11.3. The largest absolute Gasteiger partial charge is 0.359 e. The van der Waals surface area contributed by atoms with Crippen LogP contribution in [0.4, 0.5) is 0 Å². The van der Waals surface area contributed by atoms with Crippen LogP contribution >= 0.6 is 0 Å². The van der Waals surface area contributed by atoms with E-state index in [-0.39, 0.29) is 22.9 Å². The second kappa shape index (κ2) is 3.05. The number of hydrogen-bond acceptors (Lipinski definition) is 2. The lowest BCUT2D eigenvalue weighted by atomic mass is 9.67. The van der Waals surface area contributed by atoms with E-state index in [2.05, 4.69) is 26.0 Å². The quantitative estimate of drug-likeness (QED) is 0.569. The van der Waals surface area contributed by atoms with E-state index in [1.165, 1.54) is 0 Å². The van der Waals surface area contributed by atoms with Crippen molar-refractivity contribution in [1.82, 2.24) is 0 Å². The van der Waals surface area contributed by atoms with Crippen LogP contribution in [0.3, 0.4) is 0 Å². The predicted octanol–water partition coefficient (Wildman–Crippen LogP) is 2.65. The van der Waals surface area contributed by atoms with Crippen molar-refractivity contribution in [3.05, 3.63) is 23.8 Å². The highest BCUT2D eigenvalue weighted by atomic mass is 16.5. The van der Waals surface area contributed by atoms with Crippen molar-refractivity contribution in [3.63, 3.8) is 0 Å². The smallest absolute Gasteiger partial charge is 0.159 e. The molecule has 2 atom stereocenters. The summed E-state index contributed by atoms with van der Waals surface area (Å²) in [5.74, 6) is 0.238. The maximum atomic E-state index is 11.7. The Balaban J connectivity index is 2.47. The molecule has 0 fully saturated rings. The first kappa shape index (κ1) is 10.6. The van der Waals surface area contributed by atoms with Crippen LogP contribution < -0.4 is 0 Å². The van der Waals surface area contributed by atoms with E-state index in [1.54, 1.807) is 0 Å². The summed E-state index contributed by atoms with van der Waals surface area (Å²) in [6, 6.07) is 0. The summed E-state index contributed by atoms with van der Waals surface area (Å²) in [5.41, 5.74) is 0.308. The first-order valence-corrected chi connectivity index (χ1v) is 5.46. The van der Waals surface area contributed by atoms with Gasteiger partial charge in [0.1, 0.15) is 5.60 Å². The van der Waals surface area contributed by atoms with Crippen LogP contribution in [0, 0.1) is 5.41 Å². The van der Waals surface area contributed by atoms with E-state index in [9.17, 15) is 4.79 Å². The van der Waals surface area contributed by atoms with Crippen molar-refractivity contribution >= 4 is 5.78 Å². The molecule has 1 heterocycles. The maximum Gasteiger partial charge on any atom is 0.159 e. The van der Waals surface area contributed by atoms with E-state index in [4.69, 9.17) is 4.74 Å². The highest BCUT2D eigenvalue weighted by Crippen LogP contribution is 2.47. The van der Waals surface area contributed by atoms with Crippen molar-refractivity contribution in [2.75, 3.05) is 0 Å². The average Bonchev–Trinajstić information content (AvgIpc) is 2.46. The molecule has 2 heteroatoms. The first-order valence-electron chi connectivity index (χ1n) is 5.46. The van der Waals surface area contributed by atoms with Gasteiger partial charge in [0, 0.05) is 11.8 Å². The average molecular weight is 206 g/mol. The van der Waals surface area contributed by atoms with E-state index in [0.717, 1.165) is 5.57 Å². The van der Waals surface area contributed by atoms with E-state index in [1.807, 2.05) is 19.9 Å². The predicted molar refractivity (Wildman–Crippen MR) is 59.6 cm³/mol. The van der Waals surface area contributed by atoms with Gasteiger partial charge < -0.3 is 4.74 Å². The molecule has 15 heavy (non-hydrogen) atoms. The number of hydrogen-bond donors (Lipinski definition) is 0. The molecule has 0 radical (unpaired) electrons. The Morgan fingerprint density at radius 3 is 2.67 bits per heavy atom. The molecular weight excluding hydrogens is 188 g/mol. The summed E-state index contributed by atoms with van der Waals surface area (Å²) in [5, 5.41) is 0. The minimum absolute atomic E-state index is 0.140. The molecule has 0 N–H and O–H groups in total. The van der Waals surface area contributed by atoms with E-state index in [0.29, 0.717) is 6.42 Å². The second-order valence-electron chi connectivity index (χ2n) is 5.29. The zero-order valence-corrected chi connectivity index (χ0v) is 9.83. The van der Waals surface area contributed by atoms with Gasteiger partial charge in [0.2, 0.25) is 0 Å². The van der Waals surface area contributed by atoms with Crippen molar-refractivity contribution < 1.29 is 9.53 Å². The normalized spacial score (nSPS) is 38.5. The molecule has 0 saturated heterocycles. The summed E-state index contributed by atoms with van der Waals surface area (Å²) in [6.07, 6.45) is 6.86. The Morgan fingerprint density at radius 1 is 1.47 bits per heavy atom. The Hall–Kier alpha value is -0.890. The lowest BCUT2D eigenvalue weighted by molar-refractivity contribution is -0.125. The Kier molecular flexibility index (Phi) is 2.16. The van der Waals surface area contributed by atoms with Gasteiger partial charge in [-0.25, -0.2) is 0 Å². The van der Waals surface area contributed by atoms with Gasteiger partial charge in [0.25, 0.3) is 0 Å². The molecule has 82 valence electrons. The fourth-order valence-corrected chi connectivity index (χ4v) is 2.41. The second-order valence-corrected chi connectivity index (χ2v) is 5.29. The molecule has 1 spiro atoms. The molecule has 0 aromatic carbocycles. The first-order chi connectivity index (χ1) is 6.86. The molecule has 2 rings (SSSR count). The van der Waals surface area contributed by atoms with Crippen LogP contribution in [-0.4, -0.2) is 17.5 Å². The van der Waals surface area contributed by atoms with Gasteiger partial charge in [-0.1, -0.05) is 19.9 Å². The van der Waals surface area contributed by atoms with Gasteiger partial charge in [-0.2, -0.15) is 0 Å². The molecule has 2 nitrogen and oxygen atoms in total. The number of Topliss-reactive ketones (excluding diaryl/α,β-unsaturated/α-hetero) is 1. The molecule has 0 amide bonds. The minimum Gasteiger partial charge on any atom is -0.359 e. The molecule has 2 aliphatic rings. The summed E-state index contributed by atoms with van der Waals surface area (Å²) in [4.78, 5) is 11.7. The van der Waals surface area contributed by atoms with Crippen LogP contribution in [0.25, 0.3) is 0 Å². The lowest BCUT2D eigenvalue weighted by Crippen LogP contribution is -2.47. The fraction of sp³-hybridized carbons (Fsp3) is 0.615. The number of rotatable bonds is 0. The SMILES string of the molecule is CC1=CC2(C=CC(C)O2)C(C)(C)CC1=O. The molecule has 0 aromatic rings. The fourth-order valence-electron chi connectivity index (χ4n) is 2.41. The van der Waals surface area contributed by atoms with E-state index < -0.39 is 0 Å². The number of carbonyl (C=O) groups is 1. The van der Waals surface area contributed by atoms with Gasteiger partial charge >= 0.3 is 0 Å². The third-order valence-corrected chi connectivity index (χ3v) is 3.53. The van der Waals surface area contributed by atoms with Crippen molar-refractivity contribution in [2.45, 2.75) is 45.8 Å².